The molecular weight excluding hydrogens is 282 g/mol. The number of hydrogen-bond acceptors (Lipinski definition) is 6. The molecule has 6 nitrogen and oxygen atoms in total. The molecular formula is C16H13N3O3. The molecule has 0 radical (unpaired) electrons. The standard InChI is InChI=1S/C16H13N3O3/c1-2-4-11(5-3-1)9-17-16-19-18-15(22-16)12-6-7-13-14(8-12)21-10-20-13/h1-8H,9-10H2,(H,17,19). The topological polar surface area (TPSA) is 69.4 Å². The molecule has 0 saturated carbocycles. The fourth-order valence-electron chi connectivity index (χ4n) is 2.21. The highest BCUT2D eigenvalue weighted by molar-refractivity contribution is 5.60. The van der Waals surface area contributed by atoms with Gasteiger partial charge in [0.25, 0.3) is 0 Å². The molecule has 110 valence electrons. The first-order valence-electron chi connectivity index (χ1n) is 6.90. The largest absolute Gasteiger partial charge is 0.454 e. The predicted octanol–water partition coefficient (Wildman–Crippen LogP) is 3.08. The zero-order valence-electron chi connectivity index (χ0n) is 11.7. The first-order chi connectivity index (χ1) is 10.9. The summed E-state index contributed by atoms with van der Waals surface area (Å²) >= 11 is 0. The second-order valence-electron chi connectivity index (χ2n) is 4.82. The average Bonchev–Trinajstić information content (AvgIpc) is 3.22. The van der Waals surface area contributed by atoms with Gasteiger partial charge in [0.15, 0.2) is 11.5 Å². The molecule has 3 aromatic rings. The van der Waals surface area contributed by atoms with Crippen molar-refractivity contribution >= 4 is 6.01 Å². The molecule has 0 saturated heterocycles. The third kappa shape index (κ3) is 2.46. The molecule has 1 aliphatic heterocycles. The number of ether oxygens (including phenoxy) is 2. The smallest absolute Gasteiger partial charge is 0.316 e. The van der Waals surface area contributed by atoms with Gasteiger partial charge < -0.3 is 19.2 Å². The van der Waals surface area contributed by atoms with Crippen LogP contribution >= 0.6 is 0 Å². The van der Waals surface area contributed by atoms with E-state index in [1.165, 1.54) is 0 Å². The van der Waals surface area contributed by atoms with Crippen molar-refractivity contribution in [1.29, 1.82) is 0 Å². The lowest BCUT2D eigenvalue weighted by Gasteiger charge is -2.01. The Bertz CT molecular complexity index is 786. The van der Waals surface area contributed by atoms with E-state index < -0.39 is 0 Å². The Kier molecular flexibility index (Phi) is 3.12. The van der Waals surface area contributed by atoms with Crippen LogP contribution in [0.1, 0.15) is 5.56 Å². The van der Waals surface area contributed by atoms with Crippen LogP contribution in [0, 0.1) is 0 Å². The summed E-state index contributed by atoms with van der Waals surface area (Å²) in [5, 5.41) is 11.2. The molecule has 0 unspecified atom stereocenters. The van der Waals surface area contributed by atoms with Crippen molar-refractivity contribution in [3.8, 4) is 23.0 Å². The third-order valence-corrected chi connectivity index (χ3v) is 3.33. The van der Waals surface area contributed by atoms with Crippen LogP contribution in [0.25, 0.3) is 11.5 Å². The van der Waals surface area contributed by atoms with Crippen LogP contribution in [0.15, 0.2) is 52.9 Å². The van der Waals surface area contributed by atoms with Crippen molar-refractivity contribution in [2.24, 2.45) is 0 Å². The van der Waals surface area contributed by atoms with Gasteiger partial charge in [0, 0.05) is 12.1 Å². The number of anilines is 1. The molecule has 22 heavy (non-hydrogen) atoms. The summed E-state index contributed by atoms with van der Waals surface area (Å²) in [6.07, 6.45) is 0. The molecule has 0 spiro atoms. The van der Waals surface area contributed by atoms with Gasteiger partial charge in [-0.1, -0.05) is 35.4 Å². The Morgan fingerprint density at radius 2 is 1.82 bits per heavy atom. The maximum Gasteiger partial charge on any atom is 0.316 e. The van der Waals surface area contributed by atoms with Gasteiger partial charge in [-0.05, 0) is 23.8 Å². The molecule has 0 atom stereocenters. The van der Waals surface area contributed by atoms with Crippen LogP contribution in [0.2, 0.25) is 0 Å². The number of rotatable bonds is 4. The van der Waals surface area contributed by atoms with Crippen molar-refractivity contribution in [2.45, 2.75) is 6.54 Å². The van der Waals surface area contributed by atoms with Crippen molar-refractivity contribution in [3.05, 3.63) is 54.1 Å². The van der Waals surface area contributed by atoms with E-state index in [9.17, 15) is 0 Å². The van der Waals surface area contributed by atoms with Crippen LogP contribution < -0.4 is 14.8 Å². The van der Waals surface area contributed by atoms with E-state index >= 15 is 0 Å². The van der Waals surface area contributed by atoms with Crippen LogP contribution in [-0.4, -0.2) is 17.0 Å². The average molecular weight is 295 g/mol. The highest BCUT2D eigenvalue weighted by Crippen LogP contribution is 2.35. The Hall–Kier alpha value is -3.02. The SMILES string of the molecule is c1ccc(CNc2nnc(-c3ccc4c(c3)OCO4)o2)cc1. The second kappa shape index (κ2) is 5.40. The van der Waals surface area contributed by atoms with Gasteiger partial charge in [-0.3, -0.25) is 0 Å². The number of benzene rings is 2. The van der Waals surface area contributed by atoms with Gasteiger partial charge in [0.1, 0.15) is 0 Å². The first kappa shape index (κ1) is 12.7. The summed E-state index contributed by atoms with van der Waals surface area (Å²) in [5.74, 6) is 1.86. The molecule has 0 aliphatic carbocycles. The highest BCUT2D eigenvalue weighted by atomic mass is 16.7. The highest BCUT2D eigenvalue weighted by Gasteiger charge is 2.16. The Balaban J connectivity index is 1.49. The lowest BCUT2D eigenvalue weighted by Crippen LogP contribution is -1.98. The summed E-state index contributed by atoms with van der Waals surface area (Å²) in [5.41, 5.74) is 1.94. The van der Waals surface area contributed by atoms with Gasteiger partial charge in [0.05, 0.1) is 0 Å². The van der Waals surface area contributed by atoms with Crippen molar-refractivity contribution < 1.29 is 13.9 Å². The molecule has 1 N–H and O–H groups in total. The lowest BCUT2D eigenvalue weighted by atomic mass is 10.2. The third-order valence-electron chi connectivity index (χ3n) is 3.33. The van der Waals surface area contributed by atoms with Crippen LogP contribution in [0.3, 0.4) is 0 Å². The maximum absolute atomic E-state index is 5.62. The molecule has 6 heteroatoms. The minimum atomic E-state index is 0.243. The van der Waals surface area contributed by atoms with Gasteiger partial charge in [-0.15, -0.1) is 5.10 Å². The van der Waals surface area contributed by atoms with E-state index in [0.717, 1.165) is 16.9 Å². The molecule has 0 amide bonds. The number of hydrogen-bond donors (Lipinski definition) is 1. The summed E-state index contributed by atoms with van der Waals surface area (Å²) in [6, 6.07) is 15.9. The maximum atomic E-state index is 5.62. The summed E-state index contributed by atoms with van der Waals surface area (Å²) in [7, 11) is 0. The van der Waals surface area contributed by atoms with Gasteiger partial charge in [-0.25, -0.2) is 0 Å². The van der Waals surface area contributed by atoms with Crippen molar-refractivity contribution in [1.82, 2.24) is 10.2 Å². The number of fused-ring (bicyclic) bond motifs is 1. The Morgan fingerprint density at radius 3 is 2.73 bits per heavy atom. The quantitative estimate of drug-likeness (QED) is 0.797. The lowest BCUT2D eigenvalue weighted by molar-refractivity contribution is 0.174. The molecule has 4 rings (SSSR count). The fraction of sp³-hybridized carbons (Fsp3) is 0.125. The number of nitrogens with one attached hydrogen (secondary N) is 1. The van der Waals surface area contributed by atoms with Gasteiger partial charge >= 0.3 is 6.01 Å². The molecule has 2 heterocycles. The molecule has 0 fully saturated rings. The zero-order chi connectivity index (χ0) is 14.8. The van der Waals surface area contributed by atoms with Crippen molar-refractivity contribution in [2.75, 3.05) is 12.1 Å². The van der Waals surface area contributed by atoms with E-state index in [1.54, 1.807) is 0 Å². The van der Waals surface area contributed by atoms with Crippen LogP contribution in [0.5, 0.6) is 11.5 Å². The summed E-state index contributed by atoms with van der Waals surface area (Å²) < 4.78 is 16.2. The molecule has 2 aromatic carbocycles. The zero-order valence-corrected chi connectivity index (χ0v) is 11.7. The van der Waals surface area contributed by atoms with Crippen LogP contribution in [-0.2, 0) is 6.54 Å². The Morgan fingerprint density at radius 1 is 0.955 bits per heavy atom. The monoisotopic (exact) mass is 295 g/mol. The fourth-order valence-corrected chi connectivity index (χ4v) is 2.21. The minimum absolute atomic E-state index is 0.243. The van der Waals surface area contributed by atoms with Crippen molar-refractivity contribution in [3.63, 3.8) is 0 Å². The van der Waals surface area contributed by atoms with E-state index in [-0.39, 0.29) is 6.79 Å². The summed E-state index contributed by atoms with van der Waals surface area (Å²) in [4.78, 5) is 0. The number of nitrogens with zero attached hydrogens (tertiary/aromatic N) is 2. The second-order valence-corrected chi connectivity index (χ2v) is 4.82. The minimum Gasteiger partial charge on any atom is -0.454 e. The molecule has 1 aliphatic rings. The van der Waals surface area contributed by atoms with E-state index in [2.05, 4.69) is 15.5 Å². The van der Waals surface area contributed by atoms with E-state index in [4.69, 9.17) is 13.9 Å². The van der Waals surface area contributed by atoms with Gasteiger partial charge in [-0.2, -0.15) is 0 Å². The molecule has 1 aromatic heterocycles. The Labute approximate surface area is 126 Å². The van der Waals surface area contributed by atoms with Crippen LogP contribution in [0.4, 0.5) is 6.01 Å². The summed E-state index contributed by atoms with van der Waals surface area (Å²) in [6.45, 7) is 0.871. The normalized spacial score (nSPS) is 12.4. The van der Waals surface area contributed by atoms with E-state index in [1.807, 2.05) is 48.5 Å². The van der Waals surface area contributed by atoms with E-state index in [0.29, 0.717) is 24.2 Å². The first-order valence-corrected chi connectivity index (χ1v) is 6.90. The predicted molar refractivity (Wildman–Crippen MR) is 79.6 cm³/mol. The molecule has 0 bridgehead atoms. The number of aromatic nitrogens is 2. The van der Waals surface area contributed by atoms with Gasteiger partial charge in [0.2, 0.25) is 12.7 Å².